The second kappa shape index (κ2) is 5.17. The molecule has 17 heavy (non-hydrogen) atoms. The van der Waals surface area contributed by atoms with E-state index in [1.165, 1.54) is 0 Å². The molecule has 0 spiro atoms. The summed E-state index contributed by atoms with van der Waals surface area (Å²) in [5.41, 5.74) is 0. The first kappa shape index (κ1) is 12.6. The summed E-state index contributed by atoms with van der Waals surface area (Å²) >= 11 is 0. The number of fused-ring (bicyclic) bond motifs is 1. The molecule has 0 amide bonds. The molecular formula is C13H21NO3. The Morgan fingerprint density at radius 3 is 3.06 bits per heavy atom. The third-order valence-corrected chi connectivity index (χ3v) is 4.02. The van der Waals surface area contributed by atoms with Crippen molar-refractivity contribution in [3.05, 3.63) is 0 Å². The molecule has 1 aliphatic heterocycles. The molecule has 2 fully saturated rings. The molecule has 2 rings (SSSR count). The third-order valence-electron chi connectivity index (χ3n) is 4.02. The first-order chi connectivity index (χ1) is 8.13. The van der Waals surface area contributed by atoms with Gasteiger partial charge in [0.25, 0.3) is 0 Å². The van der Waals surface area contributed by atoms with E-state index in [0.717, 1.165) is 19.3 Å². The highest BCUT2D eigenvalue weighted by Gasteiger charge is 2.45. The van der Waals surface area contributed by atoms with E-state index in [4.69, 9.17) is 4.74 Å². The van der Waals surface area contributed by atoms with Gasteiger partial charge in [-0.2, -0.15) is 0 Å². The van der Waals surface area contributed by atoms with E-state index in [0.29, 0.717) is 18.7 Å². The van der Waals surface area contributed by atoms with Gasteiger partial charge in [0, 0.05) is 18.9 Å². The molecule has 4 heteroatoms. The molecule has 0 aromatic heterocycles. The number of hydrogen-bond acceptors (Lipinski definition) is 4. The summed E-state index contributed by atoms with van der Waals surface area (Å²) in [6.07, 6.45) is 3.34. The topological polar surface area (TPSA) is 55.4 Å². The monoisotopic (exact) mass is 239 g/mol. The molecular weight excluding hydrogens is 218 g/mol. The fourth-order valence-corrected chi connectivity index (χ4v) is 2.82. The molecule has 1 heterocycles. The molecule has 96 valence electrons. The summed E-state index contributed by atoms with van der Waals surface area (Å²) < 4.78 is 5.35. The van der Waals surface area contributed by atoms with E-state index in [1.54, 1.807) is 0 Å². The SMILES string of the molecule is CCC(C)OC(=O)C1NCC2C(=O)CCCC21. The number of carbonyl (C=O) groups excluding carboxylic acids is 2. The molecule has 0 radical (unpaired) electrons. The van der Waals surface area contributed by atoms with Crippen LogP contribution in [0, 0.1) is 11.8 Å². The average Bonchev–Trinajstić information content (AvgIpc) is 2.74. The lowest BCUT2D eigenvalue weighted by Gasteiger charge is -2.26. The molecule has 0 aromatic carbocycles. The van der Waals surface area contributed by atoms with Crippen LogP contribution in [0.3, 0.4) is 0 Å². The fourth-order valence-electron chi connectivity index (χ4n) is 2.82. The molecule has 4 nitrogen and oxygen atoms in total. The highest BCUT2D eigenvalue weighted by molar-refractivity contribution is 5.85. The van der Waals surface area contributed by atoms with Crippen LogP contribution in [0.15, 0.2) is 0 Å². The van der Waals surface area contributed by atoms with Crippen molar-refractivity contribution in [2.24, 2.45) is 11.8 Å². The normalized spacial score (nSPS) is 34.2. The standard InChI is InChI=1S/C13H21NO3/c1-3-8(2)17-13(16)12-9-5-4-6-11(15)10(9)7-14-12/h8-10,12,14H,3-7H2,1-2H3. The maximum Gasteiger partial charge on any atom is 0.323 e. The van der Waals surface area contributed by atoms with E-state index in [-0.39, 0.29) is 30.0 Å². The summed E-state index contributed by atoms with van der Waals surface area (Å²) in [5, 5.41) is 3.16. The Kier molecular flexibility index (Phi) is 3.82. The molecule has 1 saturated heterocycles. The van der Waals surface area contributed by atoms with Gasteiger partial charge in [-0.3, -0.25) is 9.59 Å². The van der Waals surface area contributed by atoms with Gasteiger partial charge in [0.2, 0.25) is 0 Å². The maximum absolute atomic E-state index is 12.0. The van der Waals surface area contributed by atoms with Gasteiger partial charge in [-0.05, 0) is 32.1 Å². The second-order valence-electron chi connectivity index (χ2n) is 5.17. The van der Waals surface area contributed by atoms with Crippen molar-refractivity contribution in [2.45, 2.75) is 51.7 Å². The fraction of sp³-hybridized carbons (Fsp3) is 0.846. The lowest BCUT2D eigenvalue weighted by atomic mass is 9.77. The Morgan fingerprint density at radius 1 is 1.59 bits per heavy atom. The van der Waals surface area contributed by atoms with Crippen molar-refractivity contribution in [3.63, 3.8) is 0 Å². The minimum atomic E-state index is -0.266. The van der Waals surface area contributed by atoms with Gasteiger partial charge >= 0.3 is 5.97 Å². The van der Waals surface area contributed by atoms with Crippen molar-refractivity contribution in [2.75, 3.05) is 6.54 Å². The Labute approximate surface area is 102 Å². The molecule has 2 aliphatic rings. The molecule has 1 aliphatic carbocycles. The maximum atomic E-state index is 12.0. The van der Waals surface area contributed by atoms with E-state index in [2.05, 4.69) is 5.32 Å². The van der Waals surface area contributed by atoms with Crippen LogP contribution >= 0.6 is 0 Å². The number of ether oxygens (including phenoxy) is 1. The van der Waals surface area contributed by atoms with E-state index in [9.17, 15) is 9.59 Å². The minimum absolute atomic E-state index is 0.0392. The number of carbonyl (C=O) groups is 2. The Hall–Kier alpha value is -0.900. The molecule has 1 saturated carbocycles. The van der Waals surface area contributed by atoms with Gasteiger partial charge in [-0.1, -0.05) is 6.92 Å². The summed E-state index contributed by atoms with van der Waals surface area (Å²) in [5.74, 6) is 0.333. The summed E-state index contributed by atoms with van der Waals surface area (Å²) in [6, 6.07) is -0.266. The number of rotatable bonds is 3. The Morgan fingerprint density at radius 2 is 2.35 bits per heavy atom. The van der Waals surface area contributed by atoms with E-state index < -0.39 is 0 Å². The van der Waals surface area contributed by atoms with Crippen molar-refractivity contribution in [1.29, 1.82) is 0 Å². The van der Waals surface area contributed by atoms with Gasteiger partial charge < -0.3 is 10.1 Å². The van der Waals surface area contributed by atoms with Gasteiger partial charge in [0.05, 0.1) is 6.10 Å². The zero-order valence-electron chi connectivity index (χ0n) is 10.6. The van der Waals surface area contributed by atoms with Crippen LogP contribution in [0.1, 0.15) is 39.5 Å². The van der Waals surface area contributed by atoms with Crippen LogP contribution in [-0.2, 0) is 14.3 Å². The van der Waals surface area contributed by atoms with Crippen LogP contribution in [-0.4, -0.2) is 30.4 Å². The summed E-state index contributed by atoms with van der Waals surface area (Å²) in [7, 11) is 0. The van der Waals surface area contributed by atoms with Crippen molar-refractivity contribution < 1.29 is 14.3 Å². The van der Waals surface area contributed by atoms with Crippen LogP contribution in [0.5, 0.6) is 0 Å². The smallest absolute Gasteiger partial charge is 0.323 e. The predicted octanol–water partition coefficient (Wildman–Crippen LogP) is 1.29. The van der Waals surface area contributed by atoms with Crippen LogP contribution in [0.2, 0.25) is 0 Å². The lowest BCUT2D eigenvalue weighted by Crippen LogP contribution is -2.40. The molecule has 1 N–H and O–H groups in total. The first-order valence-electron chi connectivity index (χ1n) is 6.60. The zero-order chi connectivity index (χ0) is 12.4. The largest absolute Gasteiger partial charge is 0.462 e. The quantitative estimate of drug-likeness (QED) is 0.754. The number of hydrogen-bond donors (Lipinski definition) is 1. The lowest BCUT2D eigenvalue weighted by molar-refractivity contribution is -0.152. The summed E-state index contributed by atoms with van der Waals surface area (Å²) in [4.78, 5) is 23.7. The second-order valence-corrected chi connectivity index (χ2v) is 5.17. The van der Waals surface area contributed by atoms with Crippen molar-refractivity contribution in [3.8, 4) is 0 Å². The number of Topliss-reactive ketones (excluding diaryl/α,β-unsaturated/α-hetero) is 1. The number of ketones is 1. The third kappa shape index (κ3) is 2.51. The van der Waals surface area contributed by atoms with Crippen LogP contribution in [0.4, 0.5) is 0 Å². The number of esters is 1. The van der Waals surface area contributed by atoms with Crippen LogP contribution < -0.4 is 5.32 Å². The minimum Gasteiger partial charge on any atom is -0.462 e. The Balaban J connectivity index is 1.98. The molecule has 4 atom stereocenters. The first-order valence-corrected chi connectivity index (χ1v) is 6.60. The molecule has 0 bridgehead atoms. The van der Waals surface area contributed by atoms with E-state index in [1.807, 2.05) is 13.8 Å². The summed E-state index contributed by atoms with van der Waals surface area (Å²) in [6.45, 7) is 4.53. The number of nitrogens with one attached hydrogen (secondary N) is 1. The zero-order valence-corrected chi connectivity index (χ0v) is 10.6. The van der Waals surface area contributed by atoms with Crippen LogP contribution in [0.25, 0.3) is 0 Å². The Bertz CT molecular complexity index is 316. The molecule has 4 unspecified atom stereocenters. The van der Waals surface area contributed by atoms with Crippen molar-refractivity contribution >= 4 is 11.8 Å². The highest BCUT2D eigenvalue weighted by Crippen LogP contribution is 2.34. The van der Waals surface area contributed by atoms with Crippen molar-refractivity contribution in [1.82, 2.24) is 5.32 Å². The average molecular weight is 239 g/mol. The highest BCUT2D eigenvalue weighted by atomic mass is 16.5. The van der Waals surface area contributed by atoms with Gasteiger partial charge in [-0.25, -0.2) is 0 Å². The van der Waals surface area contributed by atoms with E-state index >= 15 is 0 Å². The van der Waals surface area contributed by atoms with Gasteiger partial charge in [0.15, 0.2) is 0 Å². The predicted molar refractivity (Wildman–Crippen MR) is 63.5 cm³/mol. The van der Waals surface area contributed by atoms with Gasteiger partial charge in [-0.15, -0.1) is 0 Å². The molecule has 0 aromatic rings. The van der Waals surface area contributed by atoms with Gasteiger partial charge in [0.1, 0.15) is 11.8 Å².